The second kappa shape index (κ2) is 19.0. The van der Waals surface area contributed by atoms with E-state index in [0.29, 0.717) is 31.1 Å². The van der Waals surface area contributed by atoms with Crippen molar-refractivity contribution >= 4 is 5.91 Å². The van der Waals surface area contributed by atoms with Gasteiger partial charge in [-0.25, -0.2) is 8.78 Å². The maximum absolute atomic E-state index is 12.9. The monoisotopic (exact) mass is 526 g/mol. The molecule has 0 saturated heterocycles. The van der Waals surface area contributed by atoms with Crippen LogP contribution in [0.5, 0.6) is 0 Å². The molecule has 0 bridgehead atoms. The Kier molecular flexibility index (Phi) is 16.5. The van der Waals surface area contributed by atoms with Crippen molar-refractivity contribution in [3.05, 3.63) is 108 Å². The molecule has 2 unspecified atom stereocenters. The van der Waals surface area contributed by atoms with E-state index in [2.05, 4.69) is 68.0 Å². The minimum absolute atomic E-state index is 0.0995. The van der Waals surface area contributed by atoms with Crippen molar-refractivity contribution in [3.63, 3.8) is 0 Å². The third kappa shape index (κ3) is 14.0. The Morgan fingerprint density at radius 2 is 1.74 bits per heavy atom. The number of carbonyl (C=O) groups excluding carboxylic acids is 1. The number of benzene rings is 2. The Balaban J connectivity index is 0.00000107. The van der Waals surface area contributed by atoms with Gasteiger partial charge in [0.15, 0.2) is 0 Å². The lowest BCUT2D eigenvalue weighted by molar-refractivity contribution is 0.0830. The minimum Gasteiger partial charge on any atom is -0.390 e. The summed E-state index contributed by atoms with van der Waals surface area (Å²) >= 11 is 0. The van der Waals surface area contributed by atoms with Crippen molar-refractivity contribution in [2.24, 2.45) is 0 Å². The van der Waals surface area contributed by atoms with Gasteiger partial charge in [0.05, 0.1) is 18.5 Å². The van der Waals surface area contributed by atoms with Gasteiger partial charge in [-0.1, -0.05) is 75.2 Å². The highest BCUT2D eigenvalue weighted by Gasteiger charge is 2.22. The number of aliphatic hydroxyl groups excluding tert-OH is 1. The topological polar surface area (TPSA) is 61.4 Å². The van der Waals surface area contributed by atoms with E-state index in [-0.39, 0.29) is 12.2 Å². The maximum Gasteiger partial charge on any atom is 0.251 e. The van der Waals surface area contributed by atoms with Crippen molar-refractivity contribution in [3.8, 4) is 0 Å². The molecule has 3 N–H and O–H groups in total. The van der Waals surface area contributed by atoms with Gasteiger partial charge in [-0.15, -0.1) is 6.58 Å². The molecule has 1 amide bonds. The van der Waals surface area contributed by atoms with Crippen molar-refractivity contribution in [2.75, 3.05) is 6.54 Å². The fourth-order valence-corrected chi connectivity index (χ4v) is 3.89. The molecule has 0 fully saturated rings. The predicted molar refractivity (Wildman–Crippen MR) is 154 cm³/mol. The van der Waals surface area contributed by atoms with Crippen LogP contribution < -0.4 is 10.6 Å². The van der Waals surface area contributed by atoms with Gasteiger partial charge in [0, 0.05) is 24.7 Å². The van der Waals surface area contributed by atoms with Gasteiger partial charge >= 0.3 is 0 Å². The van der Waals surface area contributed by atoms with Crippen LogP contribution in [0.4, 0.5) is 8.78 Å². The number of aliphatic hydroxyl groups is 1. The first-order chi connectivity index (χ1) is 18.2. The van der Waals surface area contributed by atoms with Gasteiger partial charge in [0.2, 0.25) is 0 Å². The molecule has 38 heavy (non-hydrogen) atoms. The number of hydrogen-bond donors (Lipinski definition) is 3. The Hall–Kier alpha value is -3.09. The number of aryl methyl sites for hydroxylation is 2. The maximum atomic E-state index is 12.9. The SMILES string of the molecule is C=C(C)CC(NC(=O)c1cccc(CCCCC)c1)C(O)CNCc1cccc(CC)c1.C=C(F)/C=C/F. The summed E-state index contributed by atoms with van der Waals surface area (Å²) in [4.78, 5) is 12.9. The summed E-state index contributed by atoms with van der Waals surface area (Å²) in [5.74, 6) is -0.916. The number of halogens is 2. The van der Waals surface area contributed by atoms with Crippen LogP contribution in [-0.2, 0) is 19.4 Å². The van der Waals surface area contributed by atoms with E-state index in [1.807, 2.05) is 25.1 Å². The number of unbranched alkanes of at least 4 members (excludes halogenated alkanes) is 2. The molecule has 0 heterocycles. The van der Waals surface area contributed by atoms with Gasteiger partial charge < -0.3 is 15.7 Å². The van der Waals surface area contributed by atoms with Gasteiger partial charge in [-0.2, -0.15) is 0 Å². The molecule has 2 aromatic rings. The fraction of sp³-hybridized carbons (Fsp3) is 0.406. The van der Waals surface area contributed by atoms with Gasteiger partial charge in [-0.3, -0.25) is 4.79 Å². The van der Waals surface area contributed by atoms with E-state index in [1.54, 1.807) is 0 Å². The Morgan fingerprint density at radius 3 is 2.34 bits per heavy atom. The number of amides is 1. The first-order valence-corrected chi connectivity index (χ1v) is 13.3. The molecule has 0 saturated carbocycles. The molecule has 2 rings (SSSR count). The first kappa shape index (κ1) is 32.9. The summed E-state index contributed by atoms with van der Waals surface area (Å²) in [5.41, 5.74) is 5.24. The molecule has 208 valence electrons. The molecular formula is C32H44F2N2O2. The zero-order valence-electron chi connectivity index (χ0n) is 23.1. The van der Waals surface area contributed by atoms with Crippen LogP contribution in [0.3, 0.4) is 0 Å². The molecule has 2 atom stereocenters. The highest BCUT2D eigenvalue weighted by Crippen LogP contribution is 2.13. The van der Waals surface area contributed by atoms with E-state index in [4.69, 9.17) is 0 Å². The molecule has 0 aromatic heterocycles. The van der Waals surface area contributed by atoms with E-state index in [1.165, 1.54) is 29.5 Å². The molecule has 0 aliphatic heterocycles. The fourth-order valence-electron chi connectivity index (χ4n) is 3.89. The van der Waals surface area contributed by atoms with E-state index < -0.39 is 18.0 Å². The Labute approximate surface area is 227 Å². The Bertz CT molecular complexity index is 1040. The summed E-state index contributed by atoms with van der Waals surface area (Å²) < 4.78 is 21.9. The standard InChI is InChI=1S/C28H40N2O2.C4H4F2/c1-5-7-8-11-23-13-10-15-25(18-23)28(32)30-26(16-21(3)4)27(31)20-29-19-24-14-9-12-22(6-2)17-24;1-4(6)2-3-5/h9-10,12-15,17-18,26-27,29,31H,3,5-8,11,16,19-20H2,1-2,4H3,(H,30,32);2-3H,1H2/b;3-2+. The summed E-state index contributed by atoms with van der Waals surface area (Å²) in [5, 5.41) is 17.2. The molecule has 0 spiro atoms. The lowest BCUT2D eigenvalue weighted by Crippen LogP contribution is -2.47. The van der Waals surface area contributed by atoms with E-state index in [0.717, 1.165) is 24.8 Å². The smallest absolute Gasteiger partial charge is 0.251 e. The summed E-state index contributed by atoms with van der Waals surface area (Å²) in [6.07, 6.45) is 6.05. The van der Waals surface area contributed by atoms with Gasteiger partial charge in [0.25, 0.3) is 5.91 Å². The molecule has 4 nitrogen and oxygen atoms in total. The number of rotatable bonds is 15. The van der Waals surface area contributed by atoms with Gasteiger partial charge in [-0.05, 0) is 61.4 Å². The summed E-state index contributed by atoms with van der Waals surface area (Å²) in [6.45, 7) is 14.1. The summed E-state index contributed by atoms with van der Waals surface area (Å²) in [7, 11) is 0. The van der Waals surface area contributed by atoms with Crippen LogP contribution in [-0.4, -0.2) is 29.7 Å². The van der Waals surface area contributed by atoms with Crippen LogP contribution in [0.25, 0.3) is 0 Å². The molecule has 0 aliphatic rings. The zero-order valence-corrected chi connectivity index (χ0v) is 23.1. The number of carbonyl (C=O) groups is 1. The minimum atomic E-state index is -0.766. The zero-order chi connectivity index (χ0) is 28.3. The lowest BCUT2D eigenvalue weighted by Gasteiger charge is -2.25. The second-order valence-electron chi connectivity index (χ2n) is 9.51. The number of nitrogens with one attached hydrogen (secondary N) is 2. The van der Waals surface area contributed by atoms with Crippen molar-refractivity contribution in [1.82, 2.24) is 10.6 Å². The van der Waals surface area contributed by atoms with Crippen LogP contribution >= 0.6 is 0 Å². The molecule has 6 heteroatoms. The lowest BCUT2D eigenvalue weighted by atomic mass is 10.0. The van der Waals surface area contributed by atoms with Gasteiger partial charge in [0.1, 0.15) is 5.83 Å². The molecule has 0 radical (unpaired) electrons. The number of hydrogen-bond acceptors (Lipinski definition) is 3. The second-order valence-corrected chi connectivity index (χ2v) is 9.51. The first-order valence-electron chi connectivity index (χ1n) is 13.3. The Morgan fingerprint density at radius 1 is 1.05 bits per heavy atom. The molecule has 0 aliphatic carbocycles. The van der Waals surface area contributed by atoms with Crippen molar-refractivity contribution in [1.29, 1.82) is 0 Å². The van der Waals surface area contributed by atoms with Crippen LogP contribution in [0.15, 0.2) is 85.5 Å². The highest BCUT2D eigenvalue weighted by molar-refractivity contribution is 5.94. The van der Waals surface area contributed by atoms with Crippen LogP contribution in [0, 0.1) is 0 Å². The largest absolute Gasteiger partial charge is 0.390 e. The van der Waals surface area contributed by atoms with Crippen molar-refractivity contribution in [2.45, 2.75) is 78.0 Å². The van der Waals surface area contributed by atoms with Crippen LogP contribution in [0.1, 0.15) is 73.5 Å². The molecule has 2 aromatic carbocycles. The average molecular weight is 527 g/mol. The van der Waals surface area contributed by atoms with Crippen molar-refractivity contribution < 1.29 is 18.7 Å². The quantitative estimate of drug-likeness (QED) is 0.131. The van der Waals surface area contributed by atoms with E-state index in [9.17, 15) is 18.7 Å². The van der Waals surface area contributed by atoms with Crippen LogP contribution in [0.2, 0.25) is 0 Å². The third-order valence-electron chi connectivity index (χ3n) is 5.93. The average Bonchev–Trinajstić information content (AvgIpc) is 2.88. The highest BCUT2D eigenvalue weighted by atomic mass is 19.1. The number of allylic oxidation sites excluding steroid dienone is 2. The van der Waals surface area contributed by atoms with E-state index >= 15 is 0 Å². The normalized spacial score (nSPS) is 12.4. The third-order valence-corrected chi connectivity index (χ3v) is 5.93. The summed E-state index contributed by atoms with van der Waals surface area (Å²) in [6, 6.07) is 15.9. The predicted octanol–water partition coefficient (Wildman–Crippen LogP) is 7.15. The molecular weight excluding hydrogens is 482 g/mol.